The molecule has 1 fully saturated rings. The molecule has 4 N–H and O–H groups in total. The Hall–Kier alpha value is -1.22. The van der Waals surface area contributed by atoms with Gasteiger partial charge in [-0.25, -0.2) is 9.18 Å². The topological polar surface area (TPSA) is 111 Å². The molecule has 0 radical (unpaired) electrons. The highest BCUT2D eigenvalue weighted by molar-refractivity contribution is 5.85. The maximum Gasteiger partial charge on any atom is 0.351 e. The number of nitrogen functional groups attached to an aromatic ring is 1. The van der Waals surface area contributed by atoms with E-state index in [4.69, 9.17) is 15.6 Å². The van der Waals surface area contributed by atoms with Crippen LogP contribution in [0.1, 0.15) is 6.23 Å². The van der Waals surface area contributed by atoms with Crippen LogP contribution in [0, 0.1) is 0 Å². The molecule has 4 atom stereocenters. The van der Waals surface area contributed by atoms with Gasteiger partial charge >= 0.3 is 5.69 Å². The van der Waals surface area contributed by atoms with Crippen molar-refractivity contribution in [2.45, 2.75) is 24.6 Å². The Kier molecular flexibility index (Phi) is 4.63. The van der Waals surface area contributed by atoms with E-state index in [0.717, 1.165) is 4.57 Å². The Bertz CT molecular complexity index is 471. The minimum atomic E-state index is -1.81. The number of aliphatic hydroxyl groups is 2. The van der Waals surface area contributed by atoms with Crippen molar-refractivity contribution in [1.29, 1.82) is 0 Å². The number of hydrogen-bond donors (Lipinski definition) is 3. The monoisotopic (exact) mass is 281 g/mol. The van der Waals surface area contributed by atoms with Crippen molar-refractivity contribution in [1.82, 2.24) is 9.55 Å². The van der Waals surface area contributed by atoms with Gasteiger partial charge in [0.1, 0.15) is 18.0 Å². The number of halogens is 2. The molecule has 9 heteroatoms. The lowest BCUT2D eigenvalue weighted by molar-refractivity contribution is -0.0490. The molecule has 2 rings (SSSR count). The summed E-state index contributed by atoms with van der Waals surface area (Å²) in [5, 5.41) is 18.3. The molecule has 7 nitrogen and oxygen atoms in total. The Morgan fingerprint density at radius 2 is 2.28 bits per heavy atom. The Balaban J connectivity index is 0.00000162. The molecule has 102 valence electrons. The second-order valence-electron chi connectivity index (χ2n) is 3.72. The van der Waals surface area contributed by atoms with Gasteiger partial charge in [0, 0.05) is 6.20 Å². The highest BCUT2D eigenvalue weighted by Crippen LogP contribution is 2.30. The van der Waals surface area contributed by atoms with Crippen LogP contribution < -0.4 is 11.4 Å². The summed E-state index contributed by atoms with van der Waals surface area (Å²) >= 11 is 0. The van der Waals surface area contributed by atoms with Crippen LogP contribution in [-0.4, -0.2) is 44.8 Å². The first-order chi connectivity index (χ1) is 8.04. The Labute approximate surface area is 107 Å². The summed E-state index contributed by atoms with van der Waals surface area (Å²) in [6, 6.07) is 1.32. The number of hydrogen-bond acceptors (Lipinski definition) is 6. The van der Waals surface area contributed by atoms with Crippen LogP contribution in [0.3, 0.4) is 0 Å². The van der Waals surface area contributed by atoms with Gasteiger partial charge in [0.2, 0.25) is 0 Å². The van der Waals surface area contributed by atoms with Gasteiger partial charge < -0.3 is 20.7 Å². The highest BCUT2D eigenvalue weighted by Gasteiger charge is 2.45. The lowest BCUT2D eigenvalue weighted by atomic mass is 10.1. The van der Waals surface area contributed by atoms with Gasteiger partial charge in [0.25, 0.3) is 0 Å². The number of anilines is 1. The lowest BCUT2D eigenvalue weighted by Gasteiger charge is -2.15. The average Bonchev–Trinajstić information content (AvgIpc) is 2.57. The van der Waals surface area contributed by atoms with Crippen LogP contribution in [0.25, 0.3) is 0 Å². The summed E-state index contributed by atoms with van der Waals surface area (Å²) in [5.74, 6) is 0.0129. The maximum absolute atomic E-state index is 13.7. The van der Waals surface area contributed by atoms with E-state index in [1.807, 2.05) is 0 Å². The Morgan fingerprint density at radius 1 is 1.61 bits per heavy atom. The molecule has 0 aromatic carbocycles. The first-order valence-electron chi connectivity index (χ1n) is 4.97. The van der Waals surface area contributed by atoms with Crippen molar-refractivity contribution in [3.05, 3.63) is 22.7 Å². The van der Waals surface area contributed by atoms with Crippen molar-refractivity contribution in [2.24, 2.45) is 0 Å². The maximum atomic E-state index is 13.7. The third kappa shape index (κ3) is 2.46. The molecule has 0 aliphatic carbocycles. The summed E-state index contributed by atoms with van der Waals surface area (Å²) in [6.07, 6.45) is -4.42. The zero-order chi connectivity index (χ0) is 12.6. The number of alkyl halides is 1. The second kappa shape index (κ2) is 5.61. The molecule has 18 heavy (non-hydrogen) atoms. The molecule has 1 unspecified atom stereocenters. The fraction of sp³-hybridized carbons (Fsp3) is 0.556. The molecule has 1 saturated heterocycles. The summed E-state index contributed by atoms with van der Waals surface area (Å²) < 4.78 is 19.6. The van der Waals surface area contributed by atoms with Crippen molar-refractivity contribution in [3.8, 4) is 0 Å². The van der Waals surface area contributed by atoms with Crippen molar-refractivity contribution >= 4 is 18.2 Å². The first-order valence-corrected chi connectivity index (χ1v) is 4.97. The summed E-state index contributed by atoms with van der Waals surface area (Å²) in [4.78, 5) is 14.9. The average molecular weight is 282 g/mol. The SMILES string of the molecule is Cl.Nc1ccn([C@@H]2O[C@H](CO)C(O)[C@H]2F)c(=O)n1. The molecule has 0 amide bonds. The summed E-state index contributed by atoms with van der Waals surface area (Å²) in [7, 11) is 0. The zero-order valence-corrected chi connectivity index (χ0v) is 9.96. The molecular formula is C9H13ClFN3O4. The fourth-order valence-corrected chi connectivity index (χ4v) is 1.70. The van der Waals surface area contributed by atoms with Crippen molar-refractivity contribution in [2.75, 3.05) is 12.3 Å². The number of rotatable bonds is 2. The molecule has 0 bridgehead atoms. The number of aromatic nitrogens is 2. The third-order valence-electron chi connectivity index (χ3n) is 2.60. The van der Waals surface area contributed by atoms with Crippen molar-refractivity contribution < 1.29 is 19.3 Å². The molecule has 1 aromatic rings. The second-order valence-corrected chi connectivity index (χ2v) is 3.72. The van der Waals surface area contributed by atoms with Crippen LogP contribution >= 0.6 is 12.4 Å². The molecule has 0 saturated carbocycles. The predicted molar refractivity (Wildman–Crippen MR) is 62.1 cm³/mol. The molecular weight excluding hydrogens is 269 g/mol. The quantitative estimate of drug-likeness (QED) is 0.630. The van der Waals surface area contributed by atoms with Gasteiger partial charge in [-0.1, -0.05) is 0 Å². The van der Waals surface area contributed by atoms with E-state index in [-0.39, 0.29) is 18.2 Å². The largest absolute Gasteiger partial charge is 0.394 e. The predicted octanol–water partition coefficient (Wildman–Crippen LogP) is -1.16. The van der Waals surface area contributed by atoms with Gasteiger partial charge in [-0.3, -0.25) is 4.57 Å². The molecule has 2 heterocycles. The van der Waals surface area contributed by atoms with Crippen LogP contribution in [0.4, 0.5) is 10.2 Å². The van der Waals surface area contributed by atoms with Crippen molar-refractivity contribution in [3.63, 3.8) is 0 Å². The highest BCUT2D eigenvalue weighted by atomic mass is 35.5. The number of ether oxygens (including phenoxy) is 1. The normalized spacial score (nSPS) is 31.1. The number of nitrogens with zero attached hydrogens (tertiary/aromatic N) is 2. The lowest BCUT2D eigenvalue weighted by Crippen LogP contribution is -2.33. The minimum Gasteiger partial charge on any atom is -0.394 e. The van der Waals surface area contributed by atoms with E-state index >= 15 is 0 Å². The van der Waals surface area contributed by atoms with Crippen LogP contribution in [0.15, 0.2) is 17.1 Å². The van der Waals surface area contributed by atoms with E-state index in [9.17, 15) is 14.3 Å². The van der Waals surface area contributed by atoms with Crippen LogP contribution in [0.5, 0.6) is 0 Å². The fourth-order valence-electron chi connectivity index (χ4n) is 1.70. The van der Waals surface area contributed by atoms with Gasteiger partial charge in [-0.05, 0) is 6.07 Å². The summed E-state index contributed by atoms with van der Waals surface area (Å²) in [6.45, 7) is -0.533. The molecule has 1 aromatic heterocycles. The smallest absolute Gasteiger partial charge is 0.351 e. The number of nitrogens with two attached hydrogens (primary N) is 1. The van der Waals surface area contributed by atoms with E-state index in [2.05, 4.69) is 4.98 Å². The zero-order valence-electron chi connectivity index (χ0n) is 9.14. The standard InChI is InChI=1S/C9H12FN3O4.ClH/c10-6-7(15)4(3-14)17-8(6)13-2-1-5(11)12-9(13)16;/h1-2,4,6-8,14-15H,3H2,(H2,11,12,16);1H/t4-,6-,7?,8-;/m1./s1. The minimum absolute atomic E-state index is 0. The number of aliphatic hydroxyl groups excluding tert-OH is 2. The van der Waals surface area contributed by atoms with Crippen LogP contribution in [0.2, 0.25) is 0 Å². The molecule has 0 spiro atoms. The van der Waals surface area contributed by atoms with Crippen LogP contribution in [-0.2, 0) is 4.74 Å². The third-order valence-corrected chi connectivity index (χ3v) is 2.60. The van der Waals surface area contributed by atoms with E-state index < -0.39 is 36.9 Å². The van der Waals surface area contributed by atoms with Gasteiger partial charge in [-0.15, -0.1) is 12.4 Å². The molecule has 1 aliphatic rings. The van der Waals surface area contributed by atoms with E-state index in [1.165, 1.54) is 12.3 Å². The van der Waals surface area contributed by atoms with Gasteiger partial charge in [0.05, 0.1) is 6.61 Å². The van der Waals surface area contributed by atoms with E-state index in [0.29, 0.717) is 0 Å². The van der Waals surface area contributed by atoms with E-state index in [1.54, 1.807) is 0 Å². The van der Waals surface area contributed by atoms with Gasteiger partial charge in [0.15, 0.2) is 12.4 Å². The first kappa shape index (κ1) is 14.8. The Morgan fingerprint density at radius 3 is 2.78 bits per heavy atom. The van der Waals surface area contributed by atoms with Gasteiger partial charge in [-0.2, -0.15) is 4.98 Å². The summed E-state index contributed by atoms with van der Waals surface area (Å²) in [5.41, 5.74) is 4.52. The molecule has 1 aliphatic heterocycles.